The van der Waals surface area contributed by atoms with E-state index in [4.69, 9.17) is 0 Å². The van der Waals surface area contributed by atoms with Crippen molar-refractivity contribution in [2.24, 2.45) is 0 Å². The van der Waals surface area contributed by atoms with E-state index in [0.717, 1.165) is 12.1 Å². The van der Waals surface area contributed by atoms with Crippen LogP contribution < -0.4 is 0 Å². The maximum Gasteiger partial charge on any atom is 0.0720 e. The third kappa shape index (κ3) is 1.98. The molecule has 2 rings (SSSR count). The average Bonchev–Trinajstić information content (AvgIpc) is 2.61. The van der Waals surface area contributed by atoms with E-state index in [1.165, 1.54) is 30.4 Å². The van der Waals surface area contributed by atoms with Gasteiger partial charge in [0.2, 0.25) is 0 Å². The van der Waals surface area contributed by atoms with E-state index in [1.807, 2.05) is 0 Å². The van der Waals surface area contributed by atoms with Gasteiger partial charge in [-0.05, 0) is 25.9 Å². The maximum absolute atomic E-state index is 2.70. The predicted octanol–water partition coefficient (Wildman–Crippen LogP) is 2.49. The molecule has 2 nitrogen and oxygen atoms in total. The molecule has 0 N–H and O–H groups in total. The Labute approximate surface area is 107 Å². The molecule has 0 aromatic heterocycles. The zero-order valence-corrected chi connectivity index (χ0v) is 11.9. The van der Waals surface area contributed by atoms with Crippen molar-refractivity contribution in [1.29, 1.82) is 0 Å². The van der Waals surface area contributed by atoms with Crippen molar-refractivity contribution in [2.75, 3.05) is 17.5 Å². The van der Waals surface area contributed by atoms with Crippen molar-refractivity contribution in [3.8, 4) is 0 Å². The molecular formula is C12H21IN2. The first-order valence-corrected chi connectivity index (χ1v) is 7.58. The second-order valence-electron chi connectivity index (χ2n) is 4.37. The van der Waals surface area contributed by atoms with Crippen LogP contribution in [0.25, 0.3) is 0 Å². The molecular weight excluding hydrogens is 299 g/mol. The third-order valence-electron chi connectivity index (χ3n) is 3.85. The van der Waals surface area contributed by atoms with Crippen molar-refractivity contribution in [3.05, 3.63) is 12.2 Å². The molecule has 0 radical (unpaired) electrons. The van der Waals surface area contributed by atoms with Gasteiger partial charge in [0.25, 0.3) is 0 Å². The fraction of sp³-hybridized carbons (Fsp3) is 0.833. The molecule has 2 atom stereocenters. The number of rotatable bonds is 3. The summed E-state index contributed by atoms with van der Waals surface area (Å²) >= 11 is 2.54. The van der Waals surface area contributed by atoms with Gasteiger partial charge in [-0.25, -0.2) is 0 Å². The molecule has 15 heavy (non-hydrogen) atoms. The molecule has 0 aromatic rings. The normalized spacial score (nSPS) is 37.1. The smallest absolute Gasteiger partial charge is 0.0720 e. The minimum absolute atomic E-state index is 0.676. The summed E-state index contributed by atoms with van der Waals surface area (Å²) in [7, 11) is 0. The molecule has 1 saturated heterocycles. The van der Waals surface area contributed by atoms with Crippen molar-refractivity contribution < 1.29 is 0 Å². The SMILES string of the molecule is CCN1C2CC=CCC2N(CC)C1CI. The fourth-order valence-electron chi connectivity index (χ4n) is 3.20. The number of hydrogen-bond acceptors (Lipinski definition) is 2. The van der Waals surface area contributed by atoms with Gasteiger partial charge in [-0.15, -0.1) is 0 Å². The summed E-state index contributed by atoms with van der Waals surface area (Å²) in [5, 5.41) is 0. The van der Waals surface area contributed by atoms with Gasteiger partial charge in [0, 0.05) is 16.5 Å². The molecule has 86 valence electrons. The van der Waals surface area contributed by atoms with Crippen LogP contribution in [0, 0.1) is 0 Å². The Bertz CT molecular complexity index is 220. The highest BCUT2D eigenvalue weighted by Gasteiger charge is 2.44. The molecule has 1 aliphatic heterocycles. The number of hydrogen-bond donors (Lipinski definition) is 0. The van der Waals surface area contributed by atoms with Crippen molar-refractivity contribution in [2.45, 2.75) is 44.9 Å². The Morgan fingerprint density at radius 1 is 1.07 bits per heavy atom. The van der Waals surface area contributed by atoms with Crippen molar-refractivity contribution >= 4 is 22.6 Å². The third-order valence-corrected chi connectivity index (χ3v) is 4.64. The monoisotopic (exact) mass is 320 g/mol. The summed E-state index contributed by atoms with van der Waals surface area (Å²) in [6.07, 6.45) is 7.92. The maximum atomic E-state index is 2.70. The van der Waals surface area contributed by atoms with Gasteiger partial charge in [0.15, 0.2) is 0 Å². The van der Waals surface area contributed by atoms with Crippen LogP contribution in [0.5, 0.6) is 0 Å². The van der Waals surface area contributed by atoms with E-state index in [9.17, 15) is 0 Å². The van der Waals surface area contributed by atoms with E-state index < -0.39 is 0 Å². The number of halogens is 1. The van der Waals surface area contributed by atoms with Gasteiger partial charge in [-0.1, -0.05) is 48.6 Å². The molecule has 0 spiro atoms. The quantitative estimate of drug-likeness (QED) is 0.448. The van der Waals surface area contributed by atoms with E-state index in [-0.39, 0.29) is 0 Å². The zero-order valence-electron chi connectivity index (χ0n) is 9.69. The van der Waals surface area contributed by atoms with E-state index in [0.29, 0.717) is 6.17 Å². The topological polar surface area (TPSA) is 6.48 Å². The van der Waals surface area contributed by atoms with Crippen LogP contribution in [0.3, 0.4) is 0 Å². The Morgan fingerprint density at radius 3 is 1.87 bits per heavy atom. The largest absolute Gasteiger partial charge is 0.283 e. The summed E-state index contributed by atoms with van der Waals surface area (Å²) in [4.78, 5) is 5.40. The van der Waals surface area contributed by atoms with Gasteiger partial charge in [-0.3, -0.25) is 9.80 Å². The number of alkyl halides is 1. The minimum atomic E-state index is 0.676. The highest BCUT2D eigenvalue weighted by molar-refractivity contribution is 14.1. The molecule has 0 amide bonds. The first-order chi connectivity index (χ1) is 7.33. The molecule has 2 aliphatic rings. The van der Waals surface area contributed by atoms with Crippen LogP contribution in [0.2, 0.25) is 0 Å². The van der Waals surface area contributed by atoms with Gasteiger partial charge in [-0.2, -0.15) is 0 Å². The lowest BCUT2D eigenvalue weighted by atomic mass is 9.96. The number of nitrogens with zero attached hydrogens (tertiary/aromatic N) is 2. The summed E-state index contributed by atoms with van der Waals surface area (Å²) in [5.74, 6) is 0. The first kappa shape index (κ1) is 11.9. The van der Waals surface area contributed by atoms with Gasteiger partial charge >= 0.3 is 0 Å². The molecule has 2 unspecified atom stereocenters. The summed E-state index contributed by atoms with van der Waals surface area (Å²) < 4.78 is 1.23. The standard InChI is InChI=1S/C12H21IN2/c1-3-14-10-7-5-6-8-11(10)15(4-2)12(14)9-13/h5-6,10-12H,3-4,7-9H2,1-2H3. The molecule has 1 aliphatic carbocycles. The number of likely N-dealkylation sites (N-methyl/N-ethyl adjacent to an activating group) is 2. The number of fused-ring (bicyclic) bond motifs is 1. The highest BCUT2D eigenvalue weighted by atomic mass is 127. The van der Waals surface area contributed by atoms with Crippen LogP contribution in [0.1, 0.15) is 26.7 Å². The Hall–Kier alpha value is 0.390. The summed E-state index contributed by atoms with van der Waals surface area (Å²) in [5.41, 5.74) is 0. The second-order valence-corrected chi connectivity index (χ2v) is 5.25. The highest BCUT2D eigenvalue weighted by Crippen LogP contribution is 2.34. The van der Waals surface area contributed by atoms with Gasteiger partial charge in [0.1, 0.15) is 0 Å². The molecule has 0 bridgehead atoms. The molecule has 0 aromatic carbocycles. The predicted molar refractivity (Wildman–Crippen MR) is 73.4 cm³/mol. The van der Waals surface area contributed by atoms with E-state index in [1.54, 1.807) is 0 Å². The van der Waals surface area contributed by atoms with Gasteiger partial charge in [0.05, 0.1) is 6.17 Å². The van der Waals surface area contributed by atoms with Crippen molar-refractivity contribution in [1.82, 2.24) is 9.80 Å². The Morgan fingerprint density at radius 2 is 1.53 bits per heavy atom. The van der Waals surface area contributed by atoms with Crippen molar-refractivity contribution in [3.63, 3.8) is 0 Å². The lowest BCUT2D eigenvalue weighted by molar-refractivity contribution is 0.147. The van der Waals surface area contributed by atoms with E-state index in [2.05, 4.69) is 58.4 Å². The Kier molecular flexibility index (Phi) is 4.07. The Balaban J connectivity index is 2.21. The molecule has 0 saturated carbocycles. The molecule has 1 heterocycles. The van der Waals surface area contributed by atoms with Gasteiger partial charge < -0.3 is 0 Å². The molecule has 3 heteroatoms. The molecule has 1 fully saturated rings. The minimum Gasteiger partial charge on any atom is -0.283 e. The van der Waals surface area contributed by atoms with Crippen LogP contribution in [-0.2, 0) is 0 Å². The first-order valence-electron chi connectivity index (χ1n) is 6.05. The summed E-state index contributed by atoms with van der Waals surface area (Å²) in [6, 6.07) is 1.56. The van der Waals surface area contributed by atoms with Crippen LogP contribution >= 0.6 is 22.6 Å². The fourth-order valence-corrected chi connectivity index (χ4v) is 4.21. The van der Waals surface area contributed by atoms with Crippen LogP contribution in [0.4, 0.5) is 0 Å². The lowest BCUT2D eigenvalue weighted by Gasteiger charge is -2.28. The van der Waals surface area contributed by atoms with E-state index >= 15 is 0 Å². The van der Waals surface area contributed by atoms with Crippen LogP contribution in [0.15, 0.2) is 12.2 Å². The summed E-state index contributed by atoms with van der Waals surface area (Å²) in [6.45, 7) is 6.99. The second kappa shape index (κ2) is 5.15. The zero-order chi connectivity index (χ0) is 10.8. The average molecular weight is 320 g/mol. The lowest BCUT2D eigenvalue weighted by Crippen LogP contribution is -2.41. The van der Waals surface area contributed by atoms with Crippen LogP contribution in [-0.4, -0.2) is 45.6 Å².